The molecule has 4 nitrogen and oxygen atoms in total. The maximum Gasteiger partial charge on any atom is 0.137 e. The van der Waals surface area contributed by atoms with E-state index in [4.69, 9.17) is 5.11 Å². The Balaban J connectivity index is 2.93. The fourth-order valence-corrected chi connectivity index (χ4v) is 2.29. The summed E-state index contributed by atoms with van der Waals surface area (Å²) in [5.74, 6) is 2.87. The van der Waals surface area contributed by atoms with Gasteiger partial charge in [0, 0.05) is 30.4 Å². The van der Waals surface area contributed by atoms with Crippen molar-refractivity contribution in [2.45, 2.75) is 45.1 Å². The minimum atomic E-state index is -0.0661. The molecular weight excluding hydrogens is 258 g/mol. The van der Waals surface area contributed by atoms with E-state index in [1.807, 2.05) is 13.0 Å². The van der Waals surface area contributed by atoms with Crippen molar-refractivity contribution in [3.63, 3.8) is 0 Å². The molecule has 5 heteroatoms. The lowest BCUT2D eigenvalue weighted by molar-refractivity contribution is 0.250. The molecule has 0 bridgehead atoms. The fourth-order valence-electron chi connectivity index (χ4n) is 1.39. The van der Waals surface area contributed by atoms with Gasteiger partial charge in [-0.3, -0.25) is 0 Å². The first-order valence-electron chi connectivity index (χ1n) is 6.74. The van der Waals surface area contributed by atoms with Crippen LogP contribution in [0.2, 0.25) is 0 Å². The number of nitrogens with zero attached hydrogens (tertiary/aromatic N) is 2. The van der Waals surface area contributed by atoms with Crippen molar-refractivity contribution in [3.05, 3.63) is 11.9 Å². The summed E-state index contributed by atoms with van der Waals surface area (Å²) >= 11 is 1.67. The Labute approximate surface area is 120 Å². The van der Waals surface area contributed by atoms with E-state index in [1.54, 1.807) is 11.8 Å². The van der Waals surface area contributed by atoms with Crippen LogP contribution < -0.4 is 5.32 Å². The number of rotatable bonds is 6. The fraction of sp³-hybridized carbons (Fsp3) is 0.714. The largest absolute Gasteiger partial charge is 0.396 e. The van der Waals surface area contributed by atoms with Crippen molar-refractivity contribution in [1.29, 1.82) is 0 Å². The second kappa shape index (κ2) is 7.10. The first-order valence-corrected chi connectivity index (χ1v) is 7.72. The van der Waals surface area contributed by atoms with E-state index in [0.717, 1.165) is 29.0 Å². The van der Waals surface area contributed by atoms with E-state index in [9.17, 15) is 0 Å². The van der Waals surface area contributed by atoms with E-state index in [2.05, 4.69) is 43.0 Å². The summed E-state index contributed by atoms with van der Waals surface area (Å²) in [4.78, 5) is 9.18. The highest BCUT2D eigenvalue weighted by atomic mass is 32.2. The molecule has 108 valence electrons. The zero-order valence-electron chi connectivity index (χ0n) is 12.5. The number of aliphatic hydroxyl groups excluding tert-OH is 1. The lowest BCUT2D eigenvalue weighted by Gasteiger charge is -2.19. The van der Waals surface area contributed by atoms with Crippen LogP contribution in [0.15, 0.2) is 11.1 Å². The molecular formula is C14H25N3OS. The smallest absolute Gasteiger partial charge is 0.137 e. The first-order chi connectivity index (χ1) is 8.86. The lowest BCUT2D eigenvalue weighted by atomic mass is 9.96. The minimum absolute atomic E-state index is 0.0661. The molecule has 2 N–H and O–H groups in total. The number of anilines is 1. The number of thioether (sulfide) groups is 1. The van der Waals surface area contributed by atoms with E-state index in [1.165, 1.54) is 0 Å². The Morgan fingerprint density at radius 1 is 1.37 bits per heavy atom. The topological polar surface area (TPSA) is 58.0 Å². The highest BCUT2D eigenvalue weighted by molar-refractivity contribution is 7.99. The quantitative estimate of drug-likeness (QED) is 0.621. The molecule has 0 radical (unpaired) electrons. The molecule has 0 aliphatic heterocycles. The predicted octanol–water partition coefficient (Wildman–Crippen LogP) is 2.93. The van der Waals surface area contributed by atoms with Crippen molar-refractivity contribution in [2.24, 2.45) is 5.92 Å². The van der Waals surface area contributed by atoms with E-state index in [0.29, 0.717) is 0 Å². The number of nitrogens with one attached hydrogen (secondary N) is 1. The molecule has 1 unspecified atom stereocenters. The summed E-state index contributed by atoms with van der Waals surface area (Å²) in [5.41, 5.74) is -0.0661. The van der Waals surface area contributed by atoms with Gasteiger partial charge in [-0.2, -0.15) is 0 Å². The second-order valence-corrected chi connectivity index (χ2v) is 6.83. The van der Waals surface area contributed by atoms with Crippen LogP contribution in [0.1, 0.15) is 40.4 Å². The van der Waals surface area contributed by atoms with Crippen LogP contribution in [-0.4, -0.2) is 34.0 Å². The van der Waals surface area contributed by atoms with Crippen molar-refractivity contribution in [3.8, 4) is 0 Å². The van der Waals surface area contributed by atoms with Crippen molar-refractivity contribution in [1.82, 2.24) is 9.97 Å². The maximum atomic E-state index is 9.08. The summed E-state index contributed by atoms with van der Waals surface area (Å²) in [7, 11) is 0. The summed E-state index contributed by atoms with van der Waals surface area (Å²) in [6.07, 6.45) is 0. The van der Waals surface area contributed by atoms with Crippen molar-refractivity contribution in [2.75, 3.05) is 24.2 Å². The van der Waals surface area contributed by atoms with Crippen molar-refractivity contribution >= 4 is 17.6 Å². The van der Waals surface area contributed by atoms with Crippen LogP contribution >= 0.6 is 11.8 Å². The molecule has 0 aliphatic rings. The summed E-state index contributed by atoms with van der Waals surface area (Å²) in [5, 5.41) is 13.3. The van der Waals surface area contributed by atoms with Gasteiger partial charge in [0.25, 0.3) is 0 Å². The molecule has 1 rings (SSSR count). The molecule has 1 aromatic rings. The zero-order chi connectivity index (χ0) is 14.5. The monoisotopic (exact) mass is 283 g/mol. The third-order valence-electron chi connectivity index (χ3n) is 2.56. The lowest BCUT2D eigenvalue weighted by Crippen LogP contribution is -2.18. The number of aliphatic hydroxyl groups is 1. The van der Waals surface area contributed by atoms with Gasteiger partial charge < -0.3 is 10.4 Å². The average molecular weight is 283 g/mol. The highest BCUT2D eigenvalue weighted by Crippen LogP contribution is 2.26. The Bertz CT molecular complexity index is 404. The van der Waals surface area contributed by atoms with Crippen LogP contribution in [0.25, 0.3) is 0 Å². The van der Waals surface area contributed by atoms with Gasteiger partial charge in [0.15, 0.2) is 0 Å². The Hall–Kier alpha value is -0.810. The molecule has 1 heterocycles. The summed E-state index contributed by atoms with van der Waals surface area (Å²) < 4.78 is 0. The Morgan fingerprint density at radius 3 is 2.58 bits per heavy atom. The maximum absolute atomic E-state index is 9.08. The van der Waals surface area contributed by atoms with E-state index in [-0.39, 0.29) is 17.9 Å². The molecule has 0 spiro atoms. The molecule has 0 fully saturated rings. The van der Waals surface area contributed by atoms with Gasteiger partial charge in [-0.15, -0.1) is 11.8 Å². The number of aromatic nitrogens is 2. The highest BCUT2D eigenvalue weighted by Gasteiger charge is 2.19. The van der Waals surface area contributed by atoms with Crippen LogP contribution in [0.4, 0.5) is 5.82 Å². The van der Waals surface area contributed by atoms with Crippen LogP contribution in [0.5, 0.6) is 0 Å². The van der Waals surface area contributed by atoms with E-state index < -0.39 is 0 Å². The van der Waals surface area contributed by atoms with E-state index >= 15 is 0 Å². The predicted molar refractivity (Wildman–Crippen MR) is 81.9 cm³/mol. The molecule has 0 amide bonds. The van der Waals surface area contributed by atoms with Gasteiger partial charge >= 0.3 is 0 Å². The van der Waals surface area contributed by atoms with Gasteiger partial charge in [-0.05, 0) is 12.8 Å². The molecule has 0 saturated carbocycles. The van der Waals surface area contributed by atoms with Crippen LogP contribution in [0.3, 0.4) is 0 Å². The van der Waals surface area contributed by atoms with Crippen LogP contribution in [0, 0.1) is 5.92 Å². The standard InChI is InChI=1S/C14H25N3OS/c1-6-15-11-7-12(19-9-10(2)8-18)17-13(16-11)14(3,4)5/h7,10,18H,6,8-9H2,1-5H3,(H,15,16,17). The normalized spacial score (nSPS) is 13.4. The number of hydrogen-bond donors (Lipinski definition) is 2. The van der Waals surface area contributed by atoms with Gasteiger partial charge in [-0.1, -0.05) is 27.7 Å². The van der Waals surface area contributed by atoms with Gasteiger partial charge in [0.05, 0.1) is 0 Å². The Kier molecular flexibility index (Phi) is 6.07. The molecule has 19 heavy (non-hydrogen) atoms. The van der Waals surface area contributed by atoms with Crippen molar-refractivity contribution < 1.29 is 5.11 Å². The number of hydrogen-bond acceptors (Lipinski definition) is 5. The molecule has 1 aromatic heterocycles. The zero-order valence-corrected chi connectivity index (χ0v) is 13.3. The average Bonchev–Trinajstić information content (AvgIpc) is 2.35. The minimum Gasteiger partial charge on any atom is -0.396 e. The third-order valence-corrected chi connectivity index (χ3v) is 3.80. The second-order valence-electron chi connectivity index (χ2n) is 5.79. The SMILES string of the molecule is CCNc1cc(SCC(C)CO)nc(C(C)(C)C)n1. The van der Waals surface area contributed by atoms with Gasteiger partial charge in [0.2, 0.25) is 0 Å². The van der Waals surface area contributed by atoms with Gasteiger partial charge in [-0.25, -0.2) is 9.97 Å². The Morgan fingerprint density at radius 2 is 2.05 bits per heavy atom. The third kappa shape index (κ3) is 5.37. The molecule has 0 aromatic carbocycles. The molecule has 1 atom stereocenters. The molecule has 0 saturated heterocycles. The van der Waals surface area contributed by atoms with Crippen LogP contribution in [-0.2, 0) is 5.41 Å². The molecule has 0 aliphatic carbocycles. The summed E-state index contributed by atoms with van der Waals surface area (Å²) in [6, 6.07) is 1.98. The first kappa shape index (κ1) is 16.2. The summed E-state index contributed by atoms with van der Waals surface area (Å²) in [6.45, 7) is 11.5. The van der Waals surface area contributed by atoms with Gasteiger partial charge in [0.1, 0.15) is 16.7 Å².